The summed E-state index contributed by atoms with van der Waals surface area (Å²) >= 11 is 0. The lowest BCUT2D eigenvalue weighted by Gasteiger charge is -1.97. The number of aromatic carboxylic acids is 1. The van der Waals surface area contributed by atoms with Crippen LogP contribution in [0.3, 0.4) is 0 Å². The minimum absolute atomic E-state index is 0.0364. The van der Waals surface area contributed by atoms with E-state index in [1.54, 1.807) is 0 Å². The summed E-state index contributed by atoms with van der Waals surface area (Å²) in [5.74, 6) is 0.234. The average Bonchev–Trinajstić information content (AvgIpc) is 2.68. The first-order valence-corrected chi connectivity index (χ1v) is 4.59. The predicted molar refractivity (Wildman–Crippen MR) is 47.9 cm³/mol. The molecule has 0 amide bonds. The Morgan fingerprint density at radius 3 is 3.07 bits per heavy atom. The van der Waals surface area contributed by atoms with Crippen LogP contribution in [0, 0.1) is 5.92 Å². The van der Waals surface area contributed by atoms with E-state index in [1.165, 1.54) is 12.5 Å². The molecule has 2 N–H and O–H groups in total. The van der Waals surface area contributed by atoms with Gasteiger partial charge in [-0.25, -0.2) is 4.79 Å². The van der Waals surface area contributed by atoms with Crippen molar-refractivity contribution in [2.45, 2.75) is 25.9 Å². The van der Waals surface area contributed by atoms with E-state index in [4.69, 9.17) is 9.63 Å². The van der Waals surface area contributed by atoms with Crippen LogP contribution in [0.25, 0.3) is 0 Å². The van der Waals surface area contributed by atoms with Crippen molar-refractivity contribution in [3.63, 3.8) is 0 Å². The normalized spacial score (nSPS) is 24.9. The van der Waals surface area contributed by atoms with Crippen molar-refractivity contribution in [1.82, 2.24) is 10.5 Å². The molecule has 0 radical (unpaired) electrons. The van der Waals surface area contributed by atoms with Crippen molar-refractivity contribution in [1.29, 1.82) is 0 Å². The number of aromatic nitrogens is 1. The SMILES string of the molecule is CC1CC1NCc1cc(C(=O)O)no1. The van der Waals surface area contributed by atoms with Crippen LogP contribution in [0.4, 0.5) is 0 Å². The van der Waals surface area contributed by atoms with E-state index in [0.29, 0.717) is 18.3 Å². The highest BCUT2D eigenvalue weighted by atomic mass is 16.5. The lowest BCUT2D eigenvalue weighted by Crippen LogP contribution is -2.16. The zero-order valence-corrected chi connectivity index (χ0v) is 7.86. The van der Waals surface area contributed by atoms with Gasteiger partial charge in [0.05, 0.1) is 6.54 Å². The number of rotatable bonds is 4. The first-order valence-electron chi connectivity index (χ1n) is 4.59. The fourth-order valence-electron chi connectivity index (χ4n) is 1.34. The Morgan fingerprint density at radius 1 is 1.86 bits per heavy atom. The number of nitrogens with zero attached hydrogens (tertiary/aromatic N) is 1. The van der Waals surface area contributed by atoms with Crippen molar-refractivity contribution in [3.05, 3.63) is 17.5 Å². The van der Waals surface area contributed by atoms with Gasteiger partial charge in [0, 0.05) is 12.1 Å². The quantitative estimate of drug-likeness (QED) is 0.747. The summed E-state index contributed by atoms with van der Waals surface area (Å²) in [7, 11) is 0. The second kappa shape index (κ2) is 3.42. The molecular formula is C9H12N2O3. The van der Waals surface area contributed by atoms with Crippen LogP contribution in [0.5, 0.6) is 0 Å². The molecule has 2 unspecified atom stereocenters. The molecule has 1 saturated carbocycles. The summed E-state index contributed by atoms with van der Waals surface area (Å²) in [6.07, 6.45) is 1.18. The molecule has 1 aliphatic rings. The van der Waals surface area contributed by atoms with Crippen LogP contribution in [0.15, 0.2) is 10.6 Å². The molecule has 0 spiro atoms. The number of hydrogen-bond acceptors (Lipinski definition) is 4. The predicted octanol–water partition coefficient (Wildman–Crippen LogP) is 0.871. The summed E-state index contributed by atoms with van der Waals surface area (Å²) in [6, 6.07) is 2.00. The molecule has 1 heterocycles. The first-order chi connectivity index (χ1) is 6.66. The molecule has 5 heteroatoms. The molecule has 2 rings (SSSR count). The molecule has 14 heavy (non-hydrogen) atoms. The molecule has 1 fully saturated rings. The number of carbonyl (C=O) groups is 1. The molecule has 2 atom stereocenters. The van der Waals surface area contributed by atoms with Gasteiger partial charge in [-0.3, -0.25) is 0 Å². The molecule has 0 aromatic carbocycles. The van der Waals surface area contributed by atoms with Gasteiger partial charge in [-0.1, -0.05) is 12.1 Å². The first kappa shape index (κ1) is 9.21. The van der Waals surface area contributed by atoms with E-state index in [9.17, 15) is 4.79 Å². The van der Waals surface area contributed by atoms with E-state index >= 15 is 0 Å². The largest absolute Gasteiger partial charge is 0.476 e. The second-order valence-corrected chi connectivity index (χ2v) is 3.68. The van der Waals surface area contributed by atoms with E-state index in [1.807, 2.05) is 0 Å². The highest BCUT2D eigenvalue weighted by Gasteiger charge is 2.31. The summed E-state index contributed by atoms with van der Waals surface area (Å²) in [5, 5.41) is 15.3. The van der Waals surface area contributed by atoms with Gasteiger partial charge in [-0.2, -0.15) is 0 Å². The van der Waals surface area contributed by atoms with Gasteiger partial charge < -0.3 is 14.9 Å². The lowest BCUT2D eigenvalue weighted by molar-refractivity contribution is 0.0685. The van der Waals surface area contributed by atoms with Crippen molar-refractivity contribution in [2.75, 3.05) is 0 Å². The van der Waals surface area contributed by atoms with Crippen LogP contribution in [-0.2, 0) is 6.54 Å². The van der Waals surface area contributed by atoms with Gasteiger partial charge in [0.15, 0.2) is 11.5 Å². The van der Waals surface area contributed by atoms with Crippen LogP contribution in [0.2, 0.25) is 0 Å². The minimum atomic E-state index is -1.06. The van der Waals surface area contributed by atoms with E-state index in [2.05, 4.69) is 17.4 Å². The maximum atomic E-state index is 10.5. The van der Waals surface area contributed by atoms with Crippen LogP contribution in [0.1, 0.15) is 29.6 Å². The Hall–Kier alpha value is -1.36. The zero-order chi connectivity index (χ0) is 10.1. The Balaban J connectivity index is 1.87. The van der Waals surface area contributed by atoms with Crippen molar-refractivity contribution >= 4 is 5.97 Å². The summed E-state index contributed by atoms with van der Waals surface area (Å²) in [6.45, 7) is 2.72. The van der Waals surface area contributed by atoms with Gasteiger partial charge in [0.2, 0.25) is 0 Å². The number of carboxylic acid groups (broad SMARTS) is 1. The number of nitrogens with one attached hydrogen (secondary N) is 1. The molecule has 5 nitrogen and oxygen atoms in total. The third-order valence-corrected chi connectivity index (χ3v) is 2.43. The lowest BCUT2D eigenvalue weighted by atomic mass is 10.3. The fourth-order valence-corrected chi connectivity index (χ4v) is 1.34. The van der Waals surface area contributed by atoms with Crippen LogP contribution >= 0.6 is 0 Å². The molecular weight excluding hydrogens is 184 g/mol. The molecule has 1 aromatic rings. The summed E-state index contributed by atoms with van der Waals surface area (Å²) < 4.78 is 4.85. The number of carboxylic acids is 1. The molecule has 0 saturated heterocycles. The van der Waals surface area contributed by atoms with E-state index < -0.39 is 5.97 Å². The monoisotopic (exact) mass is 196 g/mol. The van der Waals surface area contributed by atoms with Gasteiger partial charge in [-0.05, 0) is 12.3 Å². The second-order valence-electron chi connectivity index (χ2n) is 3.68. The Morgan fingerprint density at radius 2 is 2.57 bits per heavy atom. The molecule has 0 bridgehead atoms. The zero-order valence-electron chi connectivity index (χ0n) is 7.86. The molecule has 1 aliphatic carbocycles. The van der Waals surface area contributed by atoms with Crippen molar-refractivity contribution < 1.29 is 14.4 Å². The van der Waals surface area contributed by atoms with E-state index in [-0.39, 0.29) is 5.69 Å². The summed E-state index contributed by atoms with van der Waals surface area (Å²) in [4.78, 5) is 10.5. The smallest absolute Gasteiger partial charge is 0.358 e. The van der Waals surface area contributed by atoms with Gasteiger partial charge in [0.25, 0.3) is 0 Å². The molecule has 1 aromatic heterocycles. The Kier molecular flexibility index (Phi) is 2.25. The van der Waals surface area contributed by atoms with Crippen molar-refractivity contribution in [2.24, 2.45) is 5.92 Å². The maximum Gasteiger partial charge on any atom is 0.358 e. The molecule has 0 aliphatic heterocycles. The van der Waals surface area contributed by atoms with Gasteiger partial charge >= 0.3 is 5.97 Å². The summed E-state index contributed by atoms with van der Waals surface area (Å²) in [5.41, 5.74) is -0.0364. The Bertz CT molecular complexity index is 348. The maximum absolute atomic E-state index is 10.5. The minimum Gasteiger partial charge on any atom is -0.476 e. The standard InChI is InChI=1S/C9H12N2O3/c1-5-2-7(5)10-4-6-3-8(9(12)13)11-14-6/h3,5,7,10H,2,4H2,1H3,(H,12,13). The van der Waals surface area contributed by atoms with Gasteiger partial charge in [0.1, 0.15) is 0 Å². The van der Waals surface area contributed by atoms with Crippen LogP contribution in [-0.4, -0.2) is 22.3 Å². The van der Waals surface area contributed by atoms with Crippen LogP contribution < -0.4 is 5.32 Å². The fraction of sp³-hybridized carbons (Fsp3) is 0.556. The van der Waals surface area contributed by atoms with E-state index in [0.717, 1.165) is 5.92 Å². The van der Waals surface area contributed by atoms with Crippen molar-refractivity contribution in [3.8, 4) is 0 Å². The third kappa shape index (κ3) is 1.93. The van der Waals surface area contributed by atoms with Gasteiger partial charge in [-0.15, -0.1) is 0 Å². The highest BCUT2D eigenvalue weighted by Crippen LogP contribution is 2.29. The number of hydrogen-bond donors (Lipinski definition) is 2. The third-order valence-electron chi connectivity index (χ3n) is 2.43. The average molecular weight is 196 g/mol. The Labute approximate surface area is 81.1 Å². The topological polar surface area (TPSA) is 75.4 Å². The molecule has 76 valence electrons. The highest BCUT2D eigenvalue weighted by molar-refractivity contribution is 5.85.